The number of hydrogen-bond acceptors (Lipinski definition) is 1. The topological polar surface area (TPSA) is 20.2 Å². The van der Waals surface area contributed by atoms with Crippen molar-refractivity contribution in [1.29, 1.82) is 0 Å². The molecule has 1 heteroatoms. The van der Waals surface area contributed by atoms with E-state index in [1.807, 2.05) is 6.92 Å². The van der Waals surface area contributed by atoms with Crippen LogP contribution in [-0.2, 0) is 0 Å². The molecule has 0 radical (unpaired) electrons. The Morgan fingerprint density at radius 1 is 1.83 bits per heavy atom. The van der Waals surface area contributed by atoms with Crippen molar-refractivity contribution in [3.05, 3.63) is 0 Å². The van der Waals surface area contributed by atoms with Crippen molar-refractivity contribution in [2.45, 2.75) is 25.9 Å². The zero-order chi connectivity index (χ0) is 4.78. The Morgan fingerprint density at radius 2 is 2.00 bits per heavy atom. The maximum Gasteiger partial charge on any atom is 0.0649 e. The number of rotatable bonds is 0. The van der Waals surface area contributed by atoms with Gasteiger partial charge in [-0.3, -0.25) is 0 Å². The molecule has 0 aromatic carbocycles. The molecule has 0 aromatic rings. The van der Waals surface area contributed by atoms with Gasteiger partial charge in [-0.05, 0) is 19.3 Å². The molecule has 0 aromatic heterocycles. The van der Waals surface area contributed by atoms with Crippen LogP contribution in [0.3, 0.4) is 0 Å². The first kappa shape index (κ1) is 4.13. The summed E-state index contributed by atoms with van der Waals surface area (Å²) in [5, 5.41) is 8.90. The fourth-order valence-electron chi connectivity index (χ4n) is 0.561. The predicted molar refractivity (Wildman–Crippen MR) is 24.4 cm³/mol. The predicted octanol–water partition coefficient (Wildman–Crippen LogP) is 0.777. The summed E-state index contributed by atoms with van der Waals surface area (Å²) >= 11 is 0. The van der Waals surface area contributed by atoms with Crippen LogP contribution in [0.25, 0.3) is 0 Å². The van der Waals surface area contributed by atoms with Gasteiger partial charge in [0.05, 0.1) is 5.60 Å². The molecule has 0 heterocycles. The molecule has 1 fully saturated rings. The highest BCUT2D eigenvalue weighted by Gasteiger charge is 2.44. The zero-order valence-corrected chi connectivity index (χ0v) is 4.23. The van der Waals surface area contributed by atoms with E-state index < -0.39 is 0 Å². The molecule has 0 unspecified atom stereocenters. The molecule has 0 bridgehead atoms. The van der Waals surface area contributed by atoms with E-state index in [9.17, 15) is 0 Å². The molecule has 1 aliphatic carbocycles. The van der Waals surface area contributed by atoms with Crippen LogP contribution in [0.2, 0.25) is 0 Å². The molecule has 0 spiro atoms. The fourth-order valence-corrected chi connectivity index (χ4v) is 0.561. The second kappa shape index (κ2) is 0.784. The minimum absolute atomic E-state index is 0.292. The third-order valence-corrected chi connectivity index (χ3v) is 1.62. The van der Waals surface area contributed by atoms with E-state index in [1.165, 1.54) is 0 Å². The van der Waals surface area contributed by atoms with Crippen LogP contribution >= 0.6 is 0 Å². The van der Waals surface area contributed by atoms with Gasteiger partial charge >= 0.3 is 0 Å². The Balaban J connectivity index is 2.41. The lowest BCUT2D eigenvalue weighted by Gasteiger charge is -1.92. The molecule has 1 rings (SSSR count). The summed E-state index contributed by atoms with van der Waals surface area (Å²) < 4.78 is 0. The molecule has 1 saturated carbocycles. The van der Waals surface area contributed by atoms with Gasteiger partial charge in [0.15, 0.2) is 0 Å². The second-order valence-corrected chi connectivity index (χ2v) is 2.46. The van der Waals surface area contributed by atoms with Crippen LogP contribution in [0.15, 0.2) is 0 Å². The Labute approximate surface area is 38.0 Å². The molecular formula is C5H10O. The molecule has 1 nitrogen and oxygen atoms in total. The van der Waals surface area contributed by atoms with Crippen LogP contribution in [0.5, 0.6) is 0 Å². The van der Waals surface area contributed by atoms with Gasteiger partial charge < -0.3 is 5.11 Å². The molecule has 6 heavy (non-hydrogen) atoms. The number of hydrogen-bond donors (Lipinski definition) is 1. The minimum atomic E-state index is -0.292. The van der Waals surface area contributed by atoms with E-state index in [0.717, 1.165) is 6.42 Å². The van der Waals surface area contributed by atoms with Gasteiger partial charge in [0.1, 0.15) is 0 Å². The molecule has 0 aliphatic heterocycles. The van der Waals surface area contributed by atoms with Crippen LogP contribution in [0.1, 0.15) is 20.3 Å². The van der Waals surface area contributed by atoms with E-state index in [-0.39, 0.29) is 5.60 Å². The van der Waals surface area contributed by atoms with E-state index in [1.54, 1.807) is 0 Å². The third-order valence-electron chi connectivity index (χ3n) is 1.62. The van der Waals surface area contributed by atoms with E-state index in [4.69, 9.17) is 5.11 Å². The maximum absolute atomic E-state index is 8.90. The van der Waals surface area contributed by atoms with Gasteiger partial charge in [0, 0.05) is 0 Å². The SMILES string of the molecule is C[C@H]1C[C@@]1(C)O. The lowest BCUT2D eigenvalue weighted by atomic mass is 10.3. The summed E-state index contributed by atoms with van der Waals surface area (Å²) in [7, 11) is 0. The molecule has 2 atom stereocenters. The Hall–Kier alpha value is -0.0400. The first-order chi connectivity index (χ1) is 2.63. The Morgan fingerprint density at radius 3 is 2.00 bits per heavy atom. The smallest absolute Gasteiger partial charge is 0.0649 e. The highest BCUT2D eigenvalue weighted by Crippen LogP contribution is 2.41. The van der Waals surface area contributed by atoms with Gasteiger partial charge in [-0.1, -0.05) is 6.92 Å². The summed E-state index contributed by atoms with van der Waals surface area (Å²) in [6.07, 6.45) is 0.993. The van der Waals surface area contributed by atoms with Crippen molar-refractivity contribution in [1.82, 2.24) is 0 Å². The zero-order valence-electron chi connectivity index (χ0n) is 4.23. The number of aliphatic hydroxyl groups is 1. The third kappa shape index (κ3) is 0.432. The molecular weight excluding hydrogens is 76.1 g/mol. The van der Waals surface area contributed by atoms with Crippen molar-refractivity contribution in [3.8, 4) is 0 Å². The summed E-state index contributed by atoms with van der Waals surface area (Å²) in [5.41, 5.74) is -0.292. The van der Waals surface area contributed by atoms with Crippen molar-refractivity contribution in [2.24, 2.45) is 5.92 Å². The van der Waals surface area contributed by atoms with Crippen LogP contribution in [0, 0.1) is 5.92 Å². The Bertz CT molecular complexity index is 66.3. The molecule has 0 saturated heterocycles. The lowest BCUT2D eigenvalue weighted by Crippen LogP contribution is -1.99. The summed E-state index contributed by atoms with van der Waals surface area (Å²) in [5.74, 6) is 0.553. The molecule has 1 N–H and O–H groups in total. The molecule has 36 valence electrons. The van der Waals surface area contributed by atoms with Crippen molar-refractivity contribution >= 4 is 0 Å². The Kier molecular flexibility index (Phi) is 0.539. The summed E-state index contributed by atoms with van der Waals surface area (Å²) in [6.45, 7) is 3.93. The standard InChI is InChI=1S/C5H10O/c1-4-3-5(4,2)6/h4,6H,3H2,1-2H3/t4-,5+/m0/s1. The van der Waals surface area contributed by atoms with Crippen LogP contribution in [-0.4, -0.2) is 10.7 Å². The van der Waals surface area contributed by atoms with Gasteiger partial charge in [-0.25, -0.2) is 0 Å². The first-order valence-corrected chi connectivity index (χ1v) is 2.35. The largest absolute Gasteiger partial charge is 0.390 e. The van der Waals surface area contributed by atoms with Crippen LogP contribution in [0.4, 0.5) is 0 Å². The average Bonchev–Trinajstić information content (AvgIpc) is 1.73. The summed E-state index contributed by atoms with van der Waals surface area (Å²) in [6, 6.07) is 0. The molecule has 1 aliphatic rings. The first-order valence-electron chi connectivity index (χ1n) is 2.35. The average molecular weight is 86.1 g/mol. The normalized spacial score (nSPS) is 55.5. The fraction of sp³-hybridized carbons (Fsp3) is 1.00. The van der Waals surface area contributed by atoms with Gasteiger partial charge in [-0.2, -0.15) is 0 Å². The highest BCUT2D eigenvalue weighted by atomic mass is 16.3. The quantitative estimate of drug-likeness (QED) is 0.462. The maximum atomic E-state index is 8.90. The van der Waals surface area contributed by atoms with E-state index >= 15 is 0 Å². The van der Waals surface area contributed by atoms with E-state index in [2.05, 4.69) is 6.92 Å². The van der Waals surface area contributed by atoms with Gasteiger partial charge in [0.25, 0.3) is 0 Å². The minimum Gasteiger partial charge on any atom is -0.390 e. The second-order valence-electron chi connectivity index (χ2n) is 2.46. The van der Waals surface area contributed by atoms with Crippen molar-refractivity contribution in [3.63, 3.8) is 0 Å². The van der Waals surface area contributed by atoms with Crippen molar-refractivity contribution in [2.75, 3.05) is 0 Å². The highest BCUT2D eigenvalue weighted by molar-refractivity contribution is 4.95. The summed E-state index contributed by atoms with van der Waals surface area (Å²) in [4.78, 5) is 0. The molecule has 0 amide bonds. The lowest BCUT2D eigenvalue weighted by molar-refractivity contribution is 0.155. The van der Waals surface area contributed by atoms with E-state index in [0.29, 0.717) is 5.92 Å². The van der Waals surface area contributed by atoms with Crippen LogP contribution < -0.4 is 0 Å². The monoisotopic (exact) mass is 86.1 g/mol. The van der Waals surface area contributed by atoms with Gasteiger partial charge in [-0.15, -0.1) is 0 Å². The van der Waals surface area contributed by atoms with Crippen molar-refractivity contribution < 1.29 is 5.11 Å². The van der Waals surface area contributed by atoms with Gasteiger partial charge in [0.2, 0.25) is 0 Å².